The van der Waals surface area contributed by atoms with Gasteiger partial charge in [-0.2, -0.15) is 4.31 Å². The van der Waals surface area contributed by atoms with Crippen LogP contribution in [-0.2, 0) is 10.0 Å². The van der Waals surface area contributed by atoms with Crippen molar-refractivity contribution in [3.05, 3.63) is 24.3 Å². The van der Waals surface area contributed by atoms with Gasteiger partial charge in [-0.3, -0.25) is 0 Å². The number of hydrogen-bond donors (Lipinski definition) is 0. The van der Waals surface area contributed by atoms with Gasteiger partial charge in [0.25, 0.3) is 0 Å². The number of benzene rings is 1. The van der Waals surface area contributed by atoms with Crippen LogP contribution in [0.1, 0.15) is 40.0 Å². The van der Waals surface area contributed by atoms with E-state index >= 15 is 0 Å². The molecule has 4 nitrogen and oxygen atoms in total. The normalized spacial score (nSPS) is 24.6. The van der Waals surface area contributed by atoms with Gasteiger partial charge in [-0.25, -0.2) is 8.42 Å². The molecule has 1 aromatic rings. The van der Waals surface area contributed by atoms with Crippen LogP contribution in [0.2, 0.25) is 0 Å². The summed E-state index contributed by atoms with van der Waals surface area (Å²) in [5.74, 6) is 0.700. The van der Waals surface area contributed by atoms with Gasteiger partial charge in [-0.05, 0) is 57.9 Å². The molecule has 0 unspecified atom stereocenters. The SMILES string of the molecule is CCOc1ccc(S(=O)(=O)N2[C@H](C)CCC[C@H]2C)cc1. The van der Waals surface area contributed by atoms with Gasteiger partial charge in [0.1, 0.15) is 5.75 Å². The highest BCUT2D eigenvalue weighted by atomic mass is 32.2. The third-order valence-electron chi connectivity index (χ3n) is 3.82. The van der Waals surface area contributed by atoms with Crippen molar-refractivity contribution in [3.8, 4) is 5.75 Å². The molecule has 0 radical (unpaired) electrons. The fourth-order valence-corrected chi connectivity index (χ4v) is 4.75. The van der Waals surface area contributed by atoms with Crippen LogP contribution in [0, 0.1) is 0 Å². The lowest BCUT2D eigenvalue weighted by Crippen LogP contribution is -2.47. The first-order chi connectivity index (χ1) is 9.46. The first-order valence-corrected chi connectivity index (χ1v) is 8.67. The van der Waals surface area contributed by atoms with Crippen molar-refractivity contribution < 1.29 is 13.2 Å². The smallest absolute Gasteiger partial charge is 0.243 e. The maximum atomic E-state index is 12.8. The summed E-state index contributed by atoms with van der Waals surface area (Å²) < 4.78 is 32.5. The minimum Gasteiger partial charge on any atom is -0.494 e. The molecule has 1 aliphatic rings. The zero-order chi connectivity index (χ0) is 14.8. The molecule has 0 aliphatic carbocycles. The first kappa shape index (κ1) is 15.3. The van der Waals surface area contributed by atoms with E-state index in [1.807, 2.05) is 20.8 Å². The van der Waals surface area contributed by atoms with E-state index in [2.05, 4.69) is 0 Å². The highest BCUT2D eigenvalue weighted by molar-refractivity contribution is 7.89. The van der Waals surface area contributed by atoms with E-state index in [4.69, 9.17) is 4.74 Å². The molecule has 20 heavy (non-hydrogen) atoms. The highest BCUT2D eigenvalue weighted by Gasteiger charge is 2.35. The molecule has 0 amide bonds. The minimum absolute atomic E-state index is 0.0651. The summed E-state index contributed by atoms with van der Waals surface area (Å²) in [6.07, 6.45) is 2.96. The molecule has 112 valence electrons. The van der Waals surface area contributed by atoms with Crippen LogP contribution in [0.25, 0.3) is 0 Å². The van der Waals surface area contributed by atoms with Gasteiger partial charge < -0.3 is 4.74 Å². The first-order valence-electron chi connectivity index (χ1n) is 7.23. The summed E-state index contributed by atoms with van der Waals surface area (Å²) in [5.41, 5.74) is 0. The molecule has 1 heterocycles. The standard InChI is InChI=1S/C15H23NO3S/c1-4-19-14-8-10-15(11-9-14)20(17,18)16-12(2)6-5-7-13(16)3/h8-13H,4-7H2,1-3H3/t12-,13-/m1/s1. The van der Waals surface area contributed by atoms with Crippen LogP contribution in [0.15, 0.2) is 29.2 Å². The van der Waals surface area contributed by atoms with Crippen molar-refractivity contribution in [1.29, 1.82) is 0 Å². The summed E-state index contributed by atoms with van der Waals surface area (Å²) in [6.45, 7) is 6.46. The third kappa shape index (κ3) is 2.99. The molecular weight excluding hydrogens is 274 g/mol. The largest absolute Gasteiger partial charge is 0.494 e. The Bertz CT molecular complexity index is 529. The molecule has 0 bridgehead atoms. The van der Waals surface area contributed by atoms with E-state index in [-0.39, 0.29) is 12.1 Å². The molecule has 0 spiro atoms. The van der Waals surface area contributed by atoms with E-state index in [1.165, 1.54) is 0 Å². The van der Waals surface area contributed by atoms with E-state index in [0.29, 0.717) is 17.3 Å². The number of sulfonamides is 1. The Morgan fingerprint density at radius 3 is 2.20 bits per heavy atom. The number of piperidine rings is 1. The summed E-state index contributed by atoms with van der Waals surface area (Å²) >= 11 is 0. The fraction of sp³-hybridized carbons (Fsp3) is 0.600. The fourth-order valence-electron chi connectivity index (χ4n) is 2.87. The zero-order valence-electron chi connectivity index (χ0n) is 12.4. The highest BCUT2D eigenvalue weighted by Crippen LogP contribution is 2.30. The second-order valence-corrected chi connectivity index (χ2v) is 7.21. The average molecular weight is 297 g/mol. The van der Waals surface area contributed by atoms with E-state index in [0.717, 1.165) is 19.3 Å². The Kier molecular flexibility index (Phi) is 4.70. The van der Waals surface area contributed by atoms with Gasteiger partial charge in [0.05, 0.1) is 11.5 Å². The van der Waals surface area contributed by atoms with Crippen molar-refractivity contribution in [2.45, 2.75) is 57.0 Å². The second kappa shape index (κ2) is 6.14. The molecule has 0 aromatic heterocycles. The lowest BCUT2D eigenvalue weighted by atomic mass is 10.0. The van der Waals surface area contributed by atoms with Crippen molar-refractivity contribution in [1.82, 2.24) is 4.31 Å². The van der Waals surface area contributed by atoms with Crippen molar-refractivity contribution in [2.24, 2.45) is 0 Å². The third-order valence-corrected chi connectivity index (χ3v) is 5.97. The van der Waals surface area contributed by atoms with E-state index < -0.39 is 10.0 Å². The lowest BCUT2D eigenvalue weighted by molar-refractivity contribution is 0.204. The lowest BCUT2D eigenvalue weighted by Gasteiger charge is -2.37. The van der Waals surface area contributed by atoms with Crippen molar-refractivity contribution in [3.63, 3.8) is 0 Å². The Morgan fingerprint density at radius 1 is 1.15 bits per heavy atom. The molecule has 1 aromatic carbocycles. The van der Waals surface area contributed by atoms with Crippen molar-refractivity contribution >= 4 is 10.0 Å². The van der Waals surface area contributed by atoms with E-state index in [1.54, 1.807) is 28.6 Å². The van der Waals surface area contributed by atoms with Gasteiger partial charge in [-0.1, -0.05) is 6.42 Å². The number of nitrogens with zero attached hydrogens (tertiary/aromatic N) is 1. The van der Waals surface area contributed by atoms with Gasteiger partial charge >= 0.3 is 0 Å². The zero-order valence-corrected chi connectivity index (χ0v) is 13.2. The molecule has 2 rings (SSSR count). The van der Waals surface area contributed by atoms with E-state index in [9.17, 15) is 8.42 Å². The van der Waals surface area contributed by atoms with Crippen LogP contribution in [0.3, 0.4) is 0 Å². The van der Waals surface area contributed by atoms with Gasteiger partial charge in [0.2, 0.25) is 10.0 Å². The second-order valence-electron chi connectivity index (χ2n) is 5.37. The van der Waals surface area contributed by atoms with Crippen LogP contribution < -0.4 is 4.74 Å². The summed E-state index contributed by atoms with van der Waals surface area (Å²) in [6, 6.07) is 6.83. The Labute approximate surface area is 121 Å². The molecule has 2 atom stereocenters. The van der Waals surface area contributed by atoms with Gasteiger partial charge in [-0.15, -0.1) is 0 Å². The Hall–Kier alpha value is -1.07. The summed E-state index contributed by atoms with van der Waals surface area (Å²) in [7, 11) is -3.41. The Morgan fingerprint density at radius 2 is 1.70 bits per heavy atom. The molecule has 1 fully saturated rings. The van der Waals surface area contributed by atoms with Crippen LogP contribution in [0.5, 0.6) is 5.75 Å². The molecule has 0 N–H and O–H groups in total. The quantitative estimate of drug-likeness (QED) is 0.858. The predicted molar refractivity (Wildman–Crippen MR) is 79.4 cm³/mol. The number of ether oxygens (including phenoxy) is 1. The molecular formula is C15H23NO3S. The number of rotatable bonds is 4. The van der Waals surface area contributed by atoms with Gasteiger partial charge in [0, 0.05) is 12.1 Å². The average Bonchev–Trinajstić information content (AvgIpc) is 2.39. The van der Waals surface area contributed by atoms with Crippen LogP contribution >= 0.6 is 0 Å². The maximum absolute atomic E-state index is 12.8. The number of hydrogen-bond acceptors (Lipinski definition) is 3. The summed E-state index contributed by atoms with van der Waals surface area (Å²) in [4.78, 5) is 0.349. The Balaban J connectivity index is 2.29. The van der Waals surface area contributed by atoms with Gasteiger partial charge in [0.15, 0.2) is 0 Å². The molecule has 1 aliphatic heterocycles. The topological polar surface area (TPSA) is 46.6 Å². The van der Waals surface area contributed by atoms with Crippen LogP contribution in [0.4, 0.5) is 0 Å². The molecule has 1 saturated heterocycles. The van der Waals surface area contributed by atoms with Crippen LogP contribution in [-0.4, -0.2) is 31.4 Å². The van der Waals surface area contributed by atoms with Crippen molar-refractivity contribution in [2.75, 3.05) is 6.61 Å². The molecule has 5 heteroatoms. The monoisotopic (exact) mass is 297 g/mol. The summed E-state index contributed by atoms with van der Waals surface area (Å²) in [5, 5.41) is 0. The minimum atomic E-state index is -3.41. The maximum Gasteiger partial charge on any atom is 0.243 e. The predicted octanol–water partition coefficient (Wildman–Crippen LogP) is 3.04. The molecule has 0 saturated carbocycles.